The average molecular weight is 451 g/mol. The van der Waals surface area contributed by atoms with Gasteiger partial charge in [-0.3, -0.25) is 0 Å². The highest BCUT2D eigenvalue weighted by molar-refractivity contribution is 5.64. The van der Waals surface area contributed by atoms with Gasteiger partial charge in [-0.25, -0.2) is 0 Å². The summed E-state index contributed by atoms with van der Waals surface area (Å²) in [5.74, 6) is 2.31. The van der Waals surface area contributed by atoms with Crippen molar-refractivity contribution in [2.75, 3.05) is 13.2 Å². The molecule has 0 heterocycles. The molecule has 0 aromatic heterocycles. The molecule has 4 nitrogen and oxygen atoms in total. The highest BCUT2D eigenvalue weighted by atomic mass is 16.5. The van der Waals surface area contributed by atoms with Crippen LogP contribution in [0, 0.1) is 0 Å². The molecule has 3 aromatic carbocycles. The van der Waals surface area contributed by atoms with Crippen molar-refractivity contribution in [3.05, 3.63) is 72.8 Å². The lowest BCUT2D eigenvalue weighted by molar-refractivity contribution is 0.304. The van der Waals surface area contributed by atoms with Gasteiger partial charge < -0.3 is 19.7 Å². The monoisotopic (exact) mass is 450 g/mol. The quantitative estimate of drug-likeness (QED) is 0.275. The Balaban J connectivity index is 0.000000273. The van der Waals surface area contributed by atoms with Crippen molar-refractivity contribution in [1.82, 2.24) is 0 Å². The lowest BCUT2D eigenvalue weighted by atomic mass is 10.1. The second-order valence-corrected chi connectivity index (χ2v) is 8.03. The first-order valence-electron chi connectivity index (χ1n) is 12.1. The van der Waals surface area contributed by atoms with Crippen molar-refractivity contribution < 1.29 is 19.7 Å². The van der Waals surface area contributed by atoms with Gasteiger partial charge in [0.15, 0.2) is 0 Å². The van der Waals surface area contributed by atoms with Crippen LogP contribution in [-0.4, -0.2) is 23.4 Å². The van der Waals surface area contributed by atoms with E-state index in [4.69, 9.17) is 14.6 Å². The van der Waals surface area contributed by atoms with Crippen molar-refractivity contribution in [2.24, 2.45) is 0 Å². The summed E-state index contributed by atoms with van der Waals surface area (Å²) in [7, 11) is 0. The van der Waals surface area contributed by atoms with E-state index in [1.54, 1.807) is 36.4 Å². The highest BCUT2D eigenvalue weighted by Gasteiger charge is 1.99. The van der Waals surface area contributed by atoms with Crippen molar-refractivity contribution in [3.8, 4) is 34.1 Å². The van der Waals surface area contributed by atoms with Crippen LogP contribution in [0.1, 0.15) is 58.8 Å². The Hall–Kier alpha value is -3.14. The summed E-state index contributed by atoms with van der Waals surface area (Å²) in [6, 6.07) is 22.2. The molecule has 4 heteroatoms. The van der Waals surface area contributed by atoms with Crippen LogP contribution in [0.4, 0.5) is 0 Å². The Kier molecular flexibility index (Phi) is 12.4. The van der Waals surface area contributed by atoms with Crippen LogP contribution in [-0.2, 0) is 0 Å². The van der Waals surface area contributed by atoms with E-state index in [-0.39, 0.29) is 5.75 Å². The number of aromatic hydroxyl groups is 2. The third-order valence-corrected chi connectivity index (χ3v) is 5.17. The Bertz CT molecular complexity index is 871. The van der Waals surface area contributed by atoms with Crippen molar-refractivity contribution >= 4 is 0 Å². The Morgan fingerprint density at radius 2 is 0.879 bits per heavy atom. The first-order chi connectivity index (χ1) is 16.1. The SMILES string of the molecule is CCCCCCCOc1ccc(-c2ccc(O)cc2)cc1.CCCCOc1ccc(O)cc1. The van der Waals surface area contributed by atoms with Gasteiger partial charge in [-0.05, 0) is 72.5 Å². The van der Waals surface area contributed by atoms with Crippen LogP contribution >= 0.6 is 0 Å². The topological polar surface area (TPSA) is 58.9 Å². The average Bonchev–Trinajstić information content (AvgIpc) is 2.84. The number of hydrogen-bond acceptors (Lipinski definition) is 4. The molecule has 2 N–H and O–H groups in total. The van der Waals surface area contributed by atoms with Crippen molar-refractivity contribution in [3.63, 3.8) is 0 Å². The van der Waals surface area contributed by atoms with Crippen LogP contribution in [0.3, 0.4) is 0 Å². The summed E-state index contributed by atoms with van der Waals surface area (Å²) in [5.41, 5.74) is 2.23. The third kappa shape index (κ3) is 10.8. The Labute approximate surface area is 198 Å². The van der Waals surface area contributed by atoms with Crippen LogP contribution in [0.5, 0.6) is 23.0 Å². The molecule has 0 bridgehead atoms. The zero-order chi connectivity index (χ0) is 23.7. The fourth-order valence-corrected chi connectivity index (χ4v) is 3.17. The molecule has 0 aliphatic rings. The predicted octanol–water partition coefficient (Wildman–Crippen LogP) is 7.98. The van der Waals surface area contributed by atoms with Crippen LogP contribution in [0.15, 0.2) is 72.8 Å². The Morgan fingerprint density at radius 1 is 0.485 bits per heavy atom. The summed E-state index contributed by atoms with van der Waals surface area (Å²) in [6.45, 7) is 5.90. The van der Waals surface area contributed by atoms with E-state index in [2.05, 4.69) is 26.0 Å². The molecular weight excluding hydrogens is 412 g/mol. The van der Waals surface area contributed by atoms with Gasteiger partial charge in [0.2, 0.25) is 0 Å². The van der Waals surface area contributed by atoms with Gasteiger partial charge in [0.25, 0.3) is 0 Å². The molecule has 0 unspecified atom stereocenters. The maximum absolute atomic E-state index is 9.30. The van der Waals surface area contributed by atoms with E-state index in [0.29, 0.717) is 5.75 Å². The Morgan fingerprint density at radius 3 is 1.39 bits per heavy atom. The van der Waals surface area contributed by atoms with E-state index < -0.39 is 0 Å². The maximum Gasteiger partial charge on any atom is 0.119 e. The molecule has 0 fully saturated rings. The summed E-state index contributed by atoms with van der Waals surface area (Å²) in [6.07, 6.45) is 8.48. The first-order valence-corrected chi connectivity index (χ1v) is 12.1. The van der Waals surface area contributed by atoms with Crippen LogP contribution in [0.2, 0.25) is 0 Å². The van der Waals surface area contributed by atoms with Crippen LogP contribution in [0.25, 0.3) is 11.1 Å². The standard InChI is InChI=1S/C19H24O2.C10H14O2/c1-2-3-4-5-6-15-21-19-13-9-17(10-14-19)16-7-11-18(20)12-8-16;1-2-3-8-12-10-6-4-9(11)5-7-10/h7-14,20H,2-6,15H2,1H3;4-7,11H,2-3,8H2,1H3. The molecule has 0 saturated carbocycles. The number of phenols is 2. The molecule has 0 aliphatic heterocycles. The van der Waals surface area contributed by atoms with Gasteiger partial charge in [-0.2, -0.15) is 0 Å². The highest BCUT2D eigenvalue weighted by Crippen LogP contribution is 2.24. The molecule has 33 heavy (non-hydrogen) atoms. The number of ether oxygens (including phenoxy) is 2. The minimum Gasteiger partial charge on any atom is -0.508 e. The summed E-state index contributed by atoms with van der Waals surface area (Å²) < 4.78 is 11.1. The van der Waals surface area contributed by atoms with Gasteiger partial charge >= 0.3 is 0 Å². The zero-order valence-electron chi connectivity index (χ0n) is 20.0. The molecule has 0 aliphatic carbocycles. The molecule has 0 atom stereocenters. The van der Waals surface area contributed by atoms with E-state index in [1.807, 2.05) is 24.3 Å². The van der Waals surface area contributed by atoms with Crippen molar-refractivity contribution in [1.29, 1.82) is 0 Å². The fraction of sp³-hybridized carbons (Fsp3) is 0.379. The van der Waals surface area contributed by atoms with E-state index in [9.17, 15) is 5.11 Å². The molecule has 178 valence electrons. The van der Waals surface area contributed by atoms with Gasteiger partial charge in [0.05, 0.1) is 13.2 Å². The molecule has 3 rings (SSSR count). The normalized spacial score (nSPS) is 10.2. The zero-order valence-corrected chi connectivity index (χ0v) is 20.0. The van der Waals surface area contributed by atoms with Gasteiger partial charge in [0, 0.05) is 0 Å². The second-order valence-electron chi connectivity index (χ2n) is 8.03. The lowest BCUT2D eigenvalue weighted by Crippen LogP contribution is -1.97. The summed E-state index contributed by atoms with van der Waals surface area (Å²) >= 11 is 0. The van der Waals surface area contributed by atoms with E-state index in [0.717, 1.165) is 55.1 Å². The second kappa shape index (κ2) is 15.6. The maximum atomic E-state index is 9.30. The number of phenolic OH excluding ortho intramolecular Hbond substituents is 2. The predicted molar refractivity (Wildman–Crippen MR) is 136 cm³/mol. The minimum absolute atomic E-state index is 0.276. The molecule has 0 saturated heterocycles. The number of unbranched alkanes of at least 4 members (excludes halogenated alkanes) is 5. The lowest BCUT2D eigenvalue weighted by Gasteiger charge is -2.07. The van der Waals surface area contributed by atoms with Gasteiger partial charge in [0.1, 0.15) is 23.0 Å². The molecule has 0 amide bonds. The number of hydrogen-bond donors (Lipinski definition) is 2. The summed E-state index contributed by atoms with van der Waals surface area (Å²) in [5, 5.41) is 18.3. The fourth-order valence-electron chi connectivity index (χ4n) is 3.17. The largest absolute Gasteiger partial charge is 0.508 e. The third-order valence-electron chi connectivity index (χ3n) is 5.17. The number of benzene rings is 3. The van der Waals surface area contributed by atoms with Crippen molar-refractivity contribution in [2.45, 2.75) is 58.8 Å². The van der Waals surface area contributed by atoms with Crippen LogP contribution < -0.4 is 9.47 Å². The molecule has 0 spiro atoms. The number of rotatable bonds is 12. The van der Waals surface area contributed by atoms with E-state index in [1.165, 1.54) is 25.7 Å². The van der Waals surface area contributed by atoms with Gasteiger partial charge in [-0.1, -0.05) is 70.2 Å². The van der Waals surface area contributed by atoms with Gasteiger partial charge in [-0.15, -0.1) is 0 Å². The molecule has 3 aromatic rings. The molecular formula is C29H38O4. The minimum atomic E-state index is 0.276. The molecule has 0 radical (unpaired) electrons. The first kappa shape index (κ1) is 26.1. The summed E-state index contributed by atoms with van der Waals surface area (Å²) in [4.78, 5) is 0. The van der Waals surface area contributed by atoms with E-state index >= 15 is 0 Å². The smallest absolute Gasteiger partial charge is 0.119 e.